The number of rotatable bonds is 1. The number of primary amides is 1. The molecule has 0 aliphatic rings. The molecule has 0 aliphatic heterocycles. The van der Waals surface area contributed by atoms with Crippen LogP contribution in [0.1, 0.15) is 10.5 Å². The minimum absolute atomic E-state index is 0.274. The van der Waals surface area contributed by atoms with E-state index in [1.807, 2.05) is 0 Å². The fourth-order valence-electron chi connectivity index (χ4n) is 0.677. The molecule has 2 N–H and O–H groups in total. The first-order chi connectivity index (χ1) is 5.52. The van der Waals surface area contributed by atoms with Crippen molar-refractivity contribution in [1.82, 2.24) is 0 Å². The number of nitrogens with zero attached hydrogens (tertiary/aromatic N) is 1. The van der Waals surface area contributed by atoms with Gasteiger partial charge >= 0.3 is 11.6 Å². The van der Waals surface area contributed by atoms with E-state index in [2.05, 4.69) is 5.73 Å². The van der Waals surface area contributed by atoms with E-state index in [4.69, 9.17) is 0 Å². The van der Waals surface area contributed by atoms with Crippen LogP contribution in [0.15, 0.2) is 6.20 Å². The van der Waals surface area contributed by atoms with Crippen LogP contribution in [0.3, 0.4) is 0 Å². The SMILES string of the molecule is NC(=O)c1c(F)[c]c(F)c[n+]1[O-]. The van der Waals surface area contributed by atoms with E-state index in [1.54, 1.807) is 0 Å². The van der Waals surface area contributed by atoms with Crippen LogP contribution in [0, 0.1) is 22.9 Å². The molecule has 0 aliphatic carbocycles. The molecule has 1 rings (SSSR count). The first-order valence-electron chi connectivity index (χ1n) is 2.82. The Morgan fingerprint density at radius 3 is 2.67 bits per heavy atom. The monoisotopic (exact) mass is 173 g/mol. The van der Waals surface area contributed by atoms with E-state index in [0.29, 0.717) is 6.20 Å². The van der Waals surface area contributed by atoms with E-state index in [9.17, 15) is 18.8 Å². The molecule has 4 nitrogen and oxygen atoms in total. The van der Waals surface area contributed by atoms with Gasteiger partial charge in [0.15, 0.2) is 5.82 Å². The van der Waals surface area contributed by atoms with Gasteiger partial charge in [-0.25, -0.2) is 0 Å². The molecule has 1 aromatic heterocycles. The average molecular weight is 173 g/mol. The highest BCUT2D eigenvalue weighted by molar-refractivity contribution is 5.89. The van der Waals surface area contributed by atoms with Crippen LogP contribution in [0.4, 0.5) is 8.78 Å². The first-order valence-corrected chi connectivity index (χ1v) is 2.82. The maximum absolute atomic E-state index is 12.5. The molecule has 0 aromatic carbocycles. The Hall–Kier alpha value is -1.72. The third kappa shape index (κ3) is 1.31. The summed E-state index contributed by atoms with van der Waals surface area (Å²) < 4.78 is 24.5. The smallest absolute Gasteiger partial charge is 0.318 e. The van der Waals surface area contributed by atoms with Gasteiger partial charge in [0, 0.05) is 0 Å². The summed E-state index contributed by atoms with van der Waals surface area (Å²) in [4.78, 5) is 10.4. The Kier molecular flexibility index (Phi) is 1.90. The summed E-state index contributed by atoms with van der Waals surface area (Å²) in [5, 5.41) is 10.6. The summed E-state index contributed by atoms with van der Waals surface area (Å²) in [6.45, 7) is 0. The van der Waals surface area contributed by atoms with Gasteiger partial charge in [-0.1, -0.05) is 0 Å². The van der Waals surface area contributed by atoms with Crippen molar-refractivity contribution >= 4 is 5.91 Å². The Bertz CT molecular complexity index is 317. The highest BCUT2D eigenvalue weighted by Crippen LogP contribution is 2.01. The summed E-state index contributed by atoms with van der Waals surface area (Å²) in [5.41, 5.74) is 3.68. The molecular weight excluding hydrogens is 170 g/mol. The molecule has 0 saturated carbocycles. The zero-order chi connectivity index (χ0) is 9.30. The summed E-state index contributed by atoms with van der Waals surface area (Å²) in [7, 11) is 0. The third-order valence-electron chi connectivity index (χ3n) is 1.12. The van der Waals surface area contributed by atoms with Crippen molar-refractivity contribution in [1.29, 1.82) is 0 Å². The van der Waals surface area contributed by atoms with Crippen molar-refractivity contribution < 1.29 is 18.3 Å². The van der Waals surface area contributed by atoms with Crippen molar-refractivity contribution in [3.63, 3.8) is 0 Å². The molecule has 0 atom stereocenters. The second-order valence-electron chi connectivity index (χ2n) is 1.95. The van der Waals surface area contributed by atoms with Crippen molar-refractivity contribution in [3.8, 4) is 0 Å². The molecule has 12 heavy (non-hydrogen) atoms. The number of pyridine rings is 1. The van der Waals surface area contributed by atoms with Crippen LogP contribution in [-0.2, 0) is 0 Å². The number of carbonyl (C=O) groups excluding carboxylic acids is 1. The minimum Gasteiger partial charge on any atom is -0.618 e. The summed E-state index contributed by atoms with van der Waals surface area (Å²) in [6, 6.07) is 1.51. The second kappa shape index (κ2) is 2.72. The predicted molar refractivity (Wildman–Crippen MR) is 32.7 cm³/mol. The number of hydrogen-bond acceptors (Lipinski definition) is 2. The van der Waals surface area contributed by atoms with Crippen LogP contribution < -0.4 is 10.5 Å². The molecular formula is C6H3F2N2O2. The van der Waals surface area contributed by atoms with Crippen molar-refractivity contribution in [2.75, 3.05) is 0 Å². The fourth-order valence-corrected chi connectivity index (χ4v) is 0.677. The molecule has 0 unspecified atom stereocenters. The Labute approximate surface area is 65.8 Å². The molecule has 63 valence electrons. The average Bonchev–Trinajstić information content (AvgIpc) is 1.82. The van der Waals surface area contributed by atoms with Gasteiger partial charge in [-0.15, -0.1) is 0 Å². The van der Waals surface area contributed by atoms with Crippen LogP contribution in [0.25, 0.3) is 0 Å². The van der Waals surface area contributed by atoms with Crippen molar-refractivity contribution in [2.24, 2.45) is 5.73 Å². The van der Waals surface area contributed by atoms with Crippen LogP contribution in [0.2, 0.25) is 0 Å². The molecule has 1 radical (unpaired) electrons. The number of hydrogen-bond donors (Lipinski definition) is 1. The maximum Gasteiger partial charge on any atom is 0.318 e. The van der Waals surface area contributed by atoms with Crippen LogP contribution in [-0.4, -0.2) is 5.91 Å². The second-order valence-corrected chi connectivity index (χ2v) is 1.95. The van der Waals surface area contributed by atoms with Crippen LogP contribution >= 0.6 is 0 Å². The lowest BCUT2D eigenvalue weighted by molar-refractivity contribution is -0.611. The van der Waals surface area contributed by atoms with E-state index in [0.717, 1.165) is 0 Å². The lowest BCUT2D eigenvalue weighted by Crippen LogP contribution is -2.39. The van der Waals surface area contributed by atoms with Gasteiger partial charge in [-0.3, -0.25) is 4.79 Å². The summed E-state index contributed by atoms with van der Waals surface area (Å²) in [6.07, 6.45) is 0.364. The van der Waals surface area contributed by atoms with Gasteiger partial charge in [0.1, 0.15) is 0 Å². The number of halogens is 2. The number of aromatic nitrogens is 1. The highest BCUT2D eigenvalue weighted by atomic mass is 19.1. The topological polar surface area (TPSA) is 70.0 Å². The number of nitrogens with two attached hydrogens (primary N) is 1. The Morgan fingerprint density at radius 2 is 2.25 bits per heavy atom. The quantitative estimate of drug-likeness (QED) is 0.459. The normalized spacial score (nSPS) is 9.83. The fraction of sp³-hybridized carbons (Fsp3) is 0. The van der Waals surface area contributed by atoms with E-state index < -0.39 is 23.2 Å². The molecule has 1 amide bonds. The molecule has 0 bridgehead atoms. The molecule has 0 fully saturated rings. The number of carbonyl (C=O) groups is 1. The van der Waals surface area contributed by atoms with Gasteiger partial charge < -0.3 is 10.9 Å². The van der Waals surface area contributed by atoms with Gasteiger partial charge in [0.2, 0.25) is 12.0 Å². The Balaban J connectivity index is 3.38. The largest absolute Gasteiger partial charge is 0.618 e. The Morgan fingerprint density at radius 1 is 1.67 bits per heavy atom. The summed E-state index contributed by atoms with van der Waals surface area (Å²) >= 11 is 0. The van der Waals surface area contributed by atoms with Crippen LogP contribution in [0.5, 0.6) is 0 Å². The molecule has 1 heterocycles. The van der Waals surface area contributed by atoms with E-state index in [-0.39, 0.29) is 4.73 Å². The van der Waals surface area contributed by atoms with Gasteiger partial charge in [0.25, 0.3) is 0 Å². The van der Waals surface area contributed by atoms with Gasteiger partial charge in [-0.05, 0) is 0 Å². The third-order valence-corrected chi connectivity index (χ3v) is 1.12. The summed E-state index contributed by atoms with van der Waals surface area (Å²) in [5.74, 6) is -3.84. The van der Waals surface area contributed by atoms with E-state index in [1.165, 1.54) is 6.07 Å². The molecule has 6 heteroatoms. The molecule has 0 spiro atoms. The lowest BCUT2D eigenvalue weighted by atomic mass is 10.3. The maximum atomic E-state index is 12.5. The highest BCUT2D eigenvalue weighted by Gasteiger charge is 2.20. The zero-order valence-corrected chi connectivity index (χ0v) is 5.67. The standard InChI is InChI=1S/C6H3F2N2O2/c7-3-1-4(8)5(6(9)11)10(12)2-3/h2H,(H2,9,11). The van der Waals surface area contributed by atoms with E-state index >= 15 is 0 Å². The van der Waals surface area contributed by atoms with Crippen molar-refractivity contribution in [2.45, 2.75) is 0 Å². The molecule has 1 aromatic rings. The minimum atomic E-state index is -1.39. The zero-order valence-electron chi connectivity index (χ0n) is 5.67. The van der Waals surface area contributed by atoms with Gasteiger partial charge in [0.05, 0.1) is 6.07 Å². The predicted octanol–water partition coefficient (Wildman–Crippen LogP) is -0.503. The van der Waals surface area contributed by atoms with Gasteiger partial charge in [-0.2, -0.15) is 13.5 Å². The molecule has 0 saturated heterocycles. The lowest BCUT2D eigenvalue weighted by Gasteiger charge is -2.00. The first kappa shape index (κ1) is 8.38. The van der Waals surface area contributed by atoms with Crippen molar-refractivity contribution in [3.05, 3.63) is 34.8 Å². The number of amides is 1.